The lowest BCUT2D eigenvalue weighted by molar-refractivity contribution is 0.00838. The van der Waals surface area contributed by atoms with E-state index in [0.29, 0.717) is 0 Å². The Labute approximate surface area is 69.4 Å². The first-order valence-corrected chi connectivity index (χ1v) is 3.84. The monoisotopic (exact) mass is 157 g/mol. The van der Waals surface area contributed by atoms with Crippen LogP contribution in [-0.4, -0.2) is 19.3 Å². The Balaban J connectivity index is 4.27. The molecule has 0 bridgehead atoms. The van der Waals surface area contributed by atoms with E-state index in [1.807, 2.05) is 0 Å². The van der Waals surface area contributed by atoms with Crippen LogP contribution in [0.5, 0.6) is 0 Å². The summed E-state index contributed by atoms with van der Waals surface area (Å²) < 4.78 is 5.27. The van der Waals surface area contributed by atoms with Crippen LogP contribution in [0, 0.1) is 5.41 Å². The van der Waals surface area contributed by atoms with Crippen molar-refractivity contribution in [1.82, 2.24) is 0 Å². The van der Waals surface area contributed by atoms with Gasteiger partial charge in [-0.05, 0) is 5.41 Å². The summed E-state index contributed by atoms with van der Waals surface area (Å²) >= 11 is 0. The van der Waals surface area contributed by atoms with Crippen molar-refractivity contribution < 1.29 is 4.74 Å². The molecule has 2 unspecified atom stereocenters. The third kappa shape index (κ3) is 3.04. The van der Waals surface area contributed by atoms with Crippen molar-refractivity contribution >= 4 is 0 Å². The standard InChI is InChI=1S/C9H19NO/c1-6-7(10)8(11-5)9(2,3)4/h6-8H,1,10H2,2-5H3. The lowest BCUT2D eigenvalue weighted by atomic mass is 9.85. The van der Waals surface area contributed by atoms with Crippen LogP contribution in [0.4, 0.5) is 0 Å². The molecule has 0 aromatic heterocycles. The summed E-state index contributed by atoms with van der Waals surface area (Å²) in [6.45, 7) is 9.94. The van der Waals surface area contributed by atoms with Crippen LogP contribution < -0.4 is 5.73 Å². The average molecular weight is 157 g/mol. The molecule has 0 aliphatic carbocycles. The lowest BCUT2D eigenvalue weighted by Crippen LogP contribution is -2.43. The van der Waals surface area contributed by atoms with E-state index >= 15 is 0 Å². The van der Waals surface area contributed by atoms with Crippen molar-refractivity contribution in [1.29, 1.82) is 0 Å². The molecule has 2 nitrogen and oxygen atoms in total. The first-order chi connectivity index (χ1) is 4.93. The number of nitrogens with two attached hydrogens (primary N) is 1. The third-order valence-corrected chi connectivity index (χ3v) is 1.73. The summed E-state index contributed by atoms with van der Waals surface area (Å²) in [5, 5.41) is 0. The van der Waals surface area contributed by atoms with Crippen LogP contribution in [-0.2, 0) is 4.74 Å². The molecule has 2 heteroatoms. The van der Waals surface area contributed by atoms with Gasteiger partial charge in [0.05, 0.1) is 6.10 Å². The number of methoxy groups -OCH3 is 1. The van der Waals surface area contributed by atoms with Gasteiger partial charge >= 0.3 is 0 Å². The molecule has 11 heavy (non-hydrogen) atoms. The van der Waals surface area contributed by atoms with Gasteiger partial charge in [-0.25, -0.2) is 0 Å². The first-order valence-electron chi connectivity index (χ1n) is 3.84. The molecule has 66 valence electrons. The van der Waals surface area contributed by atoms with E-state index in [1.165, 1.54) is 0 Å². The fourth-order valence-electron chi connectivity index (χ4n) is 1.21. The molecule has 0 radical (unpaired) electrons. The smallest absolute Gasteiger partial charge is 0.0805 e. The average Bonchev–Trinajstić information content (AvgIpc) is 1.86. The minimum Gasteiger partial charge on any atom is -0.379 e. The van der Waals surface area contributed by atoms with E-state index in [9.17, 15) is 0 Å². The molecule has 0 amide bonds. The number of ether oxygens (including phenoxy) is 1. The van der Waals surface area contributed by atoms with Crippen LogP contribution in [0.25, 0.3) is 0 Å². The van der Waals surface area contributed by atoms with Gasteiger partial charge in [-0.3, -0.25) is 0 Å². The normalized spacial score (nSPS) is 17.5. The second-order valence-corrected chi connectivity index (χ2v) is 3.84. The first kappa shape index (κ1) is 10.7. The van der Waals surface area contributed by atoms with Crippen LogP contribution in [0.3, 0.4) is 0 Å². The highest BCUT2D eigenvalue weighted by Crippen LogP contribution is 2.23. The molecule has 0 spiro atoms. The van der Waals surface area contributed by atoms with Crippen LogP contribution in [0.2, 0.25) is 0 Å². The predicted molar refractivity (Wildman–Crippen MR) is 48.4 cm³/mol. The van der Waals surface area contributed by atoms with Gasteiger partial charge in [-0.15, -0.1) is 6.58 Å². The summed E-state index contributed by atoms with van der Waals surface area (Å²) in [6.07, 6.45) is 1.76. The highest BCUT2D eigenvalue weighted by atomic mass is 16.5. The van der Waals surface area contributed by atoms with Crippen LogP contribution in [0.15, 0.2) is 12.7 Å². The van der Waals surface area contributed by atoms with Gasteiger partial charge in [0.1, 0.15) is 0 Å². The second kappa shape index (κ2) is 3.88. The Morgan fingerprint density at radius 2 is 1.91 bits per heavy atom. The summed E-state index contributed by atoms with van der Waals surface area (Å²) in [5.41, 5.74) is 5.84. The second-order valence-electron chi connectivity index (χ2n) is 3.84. The molecule has 0 saturated carbocycles. The Hall–Kier alpha value is -0.340. The van der Waals surface area contributed by atoms with E-state index < -0.39 is 0 Å². The number of hydrogen-bond donors (Lipinski definition) is 1. The largest absolute Gasteiger partial charge is 0.379 e. The fourth-order valence-corrected chi connectivity index (χ4v) is 1.21. The molecule has 0 aromatic rings. The fraction of sp³-hybridized carbons (Fsp3) is 0.778. The molecule has 2 N–H and O–H groups in total. The third-order valence-electron chi connectivity index (χ3n) is 1.73. The zero-order valence-electron chi connectivity index (χ0n) is 7.92. The SMILES string of the molecule is C=CC(N)C(OC)C(C)(C)C. The highest BCUT2D eigenvalue weighted by Gasteiger charge is 2.28. The molecule has 0 rings (SSSR count). The van der Waals surface area contributed by atoms with Crippen molar-refractivity contribution in [3.8, 4) is 0 Å². The van der Waals surface area contributed by atoms with Crippen LogP contribution in [0.1, 0.15) is 20.8 Å². The topological polar surface area (TPSA) is 35.2 Å². The minimum absolute atomic E-state index is 0.0417. The van der Waals surface area contributed by atoms with E-state index in [4.69, 9.17) is 10.5 Å². The molecular formula is C9H19NO. The summed E-state index contributed by atoms with van der Waals surface area (Å²) in [6, 6.07) is -0.0833. The molecule has 0 saturated heterocycles. The molecule has 0 aliphatic heterocycles. The maximum atomic E-state index is 5.77. The molecule has 0 aromatic carbocycles. The Kier molecular flexibility index (Phi) is 3.76. The zero-order valence-corrected chi connectivity index (χ0v) is 7.92. The summed E-state index contributed by atoms with van der Waals surface area (Å²) in [7, 11) is 1.68. The van der Waals surface area contributed by atoms with Crippen molar-refractivity contribution in [2.45, 2.75) is 32.9 Å². The summed E-state index contributed by atoms with van der Waals surface area (Å²) in [4.78, 5) is 0. The van der Waals surface area contributed by atoms with Gasteiger partial charge < -0.3 is 10.5 Å². The number of rotatable bonds is 3. The van der Waals surface area contributed by atoms with E-state index in [-0.39, 0.29) is 17.6 Å². The molecule has 0 fully saturated rings. The predicted octanol–water partition coefficient (Wildman–Crippen LogP) is 1.56. The minimum atomic E-state index is -0.0833. The van der Waals surface area contributed by atoms with Crippen molar-refractivity contribution in [2.24, 2.45) is 11.1 Å². The van der Waals surface area contributed by atoms with E-state index in [0.717, 1.165) is 0 Å². The van der Waals surface area contributed by atoms with E-state index in [2.05, 4.69) is 27.4 Å². The Morgan fingerprint density at radius 1 is 1.45 bits per heavy atom. The quantitative estimate of drug-likeness (QED) is 0.631. The molecular weight excluding hydrogens is 138 g/mol. The lowest BCUT2D eigenvalue weighted by Gasteiger charge is -2.32. The van der Waals surface area contributed by atoms with Crippen molar-refractivity contribution in [2.75, 3.05) is 7.11 Å². The van der Waals surface area contributed by atoms with Gasteiger partial charge in [-0.2, -0.15) is 0 Å². The molecule has 2 atom stereocenters. The van der Waals surface area contributed by atoms with Gasteiger partial charge in [0.25, 0.3) is 0 Å². The maximum Gasteiger partial charge on any atom is 0.0805 e. The molecule has 0 heterocycles. The van der Waals surface area contributed by atoms with Crippen LogP contribution >= 0.6 is 0 Å². The van der Waals surface area contributed by atoms with Gasteiger partial charge in [0.2, 0.25) is 0 Å². The van der Waals surface area contributed by atoms with Gasteiger partial charge in [0, 0.05) is 13.2 Å². The van der Waals surface area contributed by atoms with Gasteiger partial charge in [-0.1, -0.05) is 26.8 Å². The summed E-state index contributed by atoms with van der Waals surface area (Å²) in [5.74, 6) is 0. The maximum absolute atomic E-state index is 5.77. The number of hydrogen-bond acceptors (Lipinski definition) is 2. The van der Waals surface area contributed by atoms with Gasteiger partial charge in [0.15, 0.2) is 0 Å². The van der Waals surface area contributed by atoms with E-state index in [1.54, 1.807) is 13.2 Å². The Bertz CT molecular complexity index is 126. The van der Waals surface area contributed by atoms with Crippen molar-refractivity contribution in [3.05, 3.63) is 12.7 Å². The molecule has 0 aliphatic rings. The van der Waals surface area contributed by atoms with Crippen molar-refractivity contribution in [3.63, 3.8) is 0 Å². The Morgan fingerprint density at radius 3 is 2.00 bits per heavy atom. The highest BCUT2D eigenvalue weighted by molar-refractivity contribution is 4.94. The zero-order chi connectivity index (χ0) is 9.07.